The topological polar surface area (TPSA) is 117 Å². The first-order valence-corrected chi connectivity index (χ1v) is 14.3. The number of nitrogen functional groups attached to an aromatic ring is 1. The molecule has 0 unspecified atom stereocenters. The summed E-state index contributed by atoms with van der Waals surface area (Å²) in [6, 6.07) is 13.4. The fourth-order valence-corrected chi connectivity index (χ4v) is 6.00. The van der Waals surface area contributed by atoms with Gasteiger partial charge in [0.15, 0.2) is 15.6 Å². The Kier molecular flexibility index (Phi) is 7.49. The second kappa shape index (κ2) is 11.0. The van der Waals surface area contributed by atoms with Crippen molar-refractivity contribution >= 4 is 27.5 Å². The van der Waals surface area contributed by atoms with Gasteiger partial charge in [-0.25, -0.2) is 22.5 Å². The number of pyridine rings is 1. The Morgan fingerprint density at radius 1 is 1.18 bits per heavy atom. The number of ketones is 1. The molecule has 40 heavy (non-hydrogen) atoms. The van der Waals surface area contributed by atoms with Crippen molar-refractivity contribution in [1.82, 2.24) is 14.8 Å². The Balaban J connectivity index is 1.34. The minimum Gasteiger partial charge on any atom is -0.439 e. The molecule has 0 aliphatic heterocycles. The zero-order valence-electron chi connectivity index (χ0n) is 21.6. The van der Waals surface area contributed by atoms with Gasteiger partial charge in [-0.15, -0.1) is 0 Å². The molecule has 1 aliphatic rings. The molecule has 2 aromatic heterocycles. The molecule has 0 radical (unpaired) electrons. The minimum absolute atomic E-state index is 0.00186. The molecule has 0 saturated carbocycles. The van der Waals surface area contributed by atoms with Gasteiger partial charge in [0.1, 0.15) is 17.4 Å². The fraction of sp³-hybridized carbons (Fsp3) is 0.207. The van der Waals surface area contributed by atoms with Crippen LogP contribution in [0, 0.1) is 12.7 Å². The number of allylic oxidation sites excluding steroid dienone is 1. The fourth-order valence-electron chi connectivity index (χ4n) is 4.61. The number of nitrogens with zero attached hydrogens (tertiary/aromatic N) is 3. The third-order valence-corrected chi connectivity index (χ3v) is 8.24. The Bertz CT molecular complexity index is 1730. The van der Waals surface area contributed by atoms with Gasteiger partial charge in [0.25, 0.3) is 0 Å². The summed E-state index contributed by atoms with van der Waals surface area (Å²) in [5, 5.41) is 4.33. The molecule has 2 heterocycles. The van der Waals surface area contributed by atoms with Crippen molar-refractivity contribution in [2.75, 3.05) is 18.2 Å². The van der Waals surface area contributed by atoms with Crippen LogP contribution in [0.15, 0.2) is 66.5 Å². The van der Waals surface area contributed by atoms with Crippen LogP contribution >= 0.6 is 0 Å². The molecule has 0 atom stereocenters. The van der Waals surface area contributed by atoms with Crippen molar-refractivity contribution in [2.45, 2.75) is 25.5 Å². The molecule has 0 spiro atoms. The number of benzene rings is 2. The predicted molar refractivity (Wildman–Crippen MR) is 148 cm³/mol. The quantitative estimate of drug-likeness (QED) is 0.264. The van der Waals surface area contributed by atoms with Crippen molar-refractivity contribution in [3.05, 3.63) is 100 Å². The molecule has 1 aliphatic carbocycles. The first kappa shape index (κ1) is 27.2. The molecule has 2 N–H and O–H groups in total. The van der Waals surface area contributed by atoms with E-state index in [1.807, 2.05) is 19.1 Å². The molecule has 4 aromatic rings. The number of rotatable bonds is 10. The number of anilines is 1. The molecule has 11 heteroatoms. The third-order valence-electron chi connectivity index (χ3n) is 6.58. The van der Waals surface area contributed by atoms with Crippen molar-refractivity contribution in [3.8, 4) is 17.3 Å². The van der Waals surface area contributed by atoms with Crippen LogP contribution in [0.25, 0.3) is 11.8 Å². The molecule has 0 saturated heterocycles. The van der Waals surface area contributed by atoms with Gasteiger partial charge in [0.05, 0.1) is 35.6 Å². The predicted octanol–water partition coefficient (Wildman–Crippen LogP) is 5.19. The molecule has 5 rings (SSSR count). The van der Waals surface area contributed by atoms with E-state index in [4.69, 9.17) is 10.5 Å². The zero-order chi connectivity index (χ0) is 28.4. The maximum absolute atomic E-state index is 14.7. The lowest BCUT2D eigenvalue weighted by molar-refractivity contribution is 0.103. The Labute approximate surface area is 230 Å². The van der Waals surface area contributed by atoms with Gasteiger partial charge in [-0.2, -0.15) is 5.10 Å². The number of hydrogen-bond acceptors (Lipinski definition) is 7. The highest BCUT2D eigenvalue weighted by molar-refractivity contribution is 7.90. The SMILES string of the molecule is Cc1cc(Oc2ccccn2)ccc1-n1ncc(C(=O)C2=Cc3cc(F)c(CS(=O)(=O)CCCF)cc3C2)c1N. The molecule has 206 valence electrons. The largest absolute Gasteiger partial charge is 0.439 e. The van der Waals surface area contributed by atoms with E-state index >= 15 is 0 Å². The number of nitrogens with two attached hydrogens (primary N) is 1. The molecular weight excluding hydrogens is 538 g/mol. The van der Waals surface area contributed by atoms with Crippen molar-refractivity contribution in [3.63, 3.8) is 0 Å². The van der Waals surface area contributed by atoms with Crippen LogP contribution in [0.4, 0.5) is 14.6 Å². The highest BCUT2D eigenvalue weighted by Crippen LogP contribution is 2.32. The van der Waals surface area contributed by atoms with Gasteiger partial charge >= 0.3 is 0 Å². The number of sulfone groups is 1. The lowest BCUT2D eigenvalue weighted by Gasteiger charge is -2.11. The number of aryl methyl sites for hydroxylation is 1. The number of alkyl halides is 1. The van der Waals surface area contributed by atoms with Gasteiger partial charge in [0.2, 0.25) is 5.88 Å². The van der Waals surface area contributed by atoms with E-state index in [0.29, 0.717) is 34.0 Å². The molecule has 2 aromatic carbocycles. The number of aromatic nitrogens is 3. The number of carbonyl (C=O) groups excluding carboxylic acids is 1. The zero-order valence-corrected chi connectivity index (χ0v) is 22.4. The molecule has 0 amide bonds. The Hall–Kier alpha value is -4.38. The summed E-state index contributed by atoms with van der Waals surface area (Å²) in [6.07, 6.45) is 4.66. The van der Waals surface area contributed by atoms with E-state index in [1.54, 1.807) is 36.5 Å². The maximum atomic E-state index is 14.7. The number of ether oxygens (including phenoxy) is 1. The van der Waals surface area contributed by atoms with Crippen molar-refractivity contribution in [1.29, 1.82) is 0 Å². The van der Waals surface area contributed by atoms with E-state index < -0.39 is 28.1 Å². The summed E-state index contributed by atoms with van der Waals surface area (Å²) in [4.78, 5) is 17.5. The summed E-state index contributed by atoms with van der Waals surface area (Å²) < 4.78 is 58.8. The molecular formula is C29H26F2N4O4S. The summed E-state index contributed by atoms with van der Waals surface area (Å²) in [6.45, 7) is 1.11. The van der Waals surface area contributed by atoms with E-state index in [-0.39, 0.29) is 41.3 Å². The number of hydrogen-bond donors (Lipinski definition) is 1. The van der Waals surface area contributed by atoms with Crippen LogP contribution in [0.2, 0.25) is 0 Å². The van der Waals surface area contributed by atoms with Crippen LogP contribution in [0.1, 0.15) is 39.0 Å². The summed E-state index contributed by atoms with van der Waals surface area (Å²) in [7, 11) is -3.66. The van der Waals surface area contributed by atoms with Crippen LogP contribution < -0.4 is 10.5 Å². The highest BCUT2D eigenvalue weighted by atomic mass is 32.2. The number of halogens is 2. The van der Waals surface area contributed by atoms with E-state index in [2.05, 4.69) is 10.1 Å². The number of carbonyl (C=O) groups is 1. The van der Waals surface area contributed by atoms with Gasteiger partial charge in [-0.3, -0.25) is 9.18 Å². The van der Waals surface area contributed by atoms with Gasteiger partial charge < -0.3 is 10.5 Å². The van der Waals surface area contributed by atoms with Crippen LogP contribution in [-0.4, -0.2) is 41.4 Å². The second-order valence-corrected chi connectivity index (χ2v) is 11.7. The van der Waals surface area contributed by atoms with Crippen molar-refractivity contribution < 1.29 is 26.7 Å². The van der Waals surface area contributed by atoms with Crippen LogP contribution in [0.5, 0.6) is 11.6 Å². The van der Waals surface area contributed by atoms with Crippen molar-refractivity contribution in [2.24, 2.45) is 0 Å². The van der Waals surface area contributed by atoms with Crippen LogP contribution in [-0.2, 0) is 22.0 Å². The van der Waals surface area contributed by atoms with E-state index in [0.717, 1.165) is 5.56 Å². The monoisotopic (exact) mass is 564 g/mol. The lowest BCUT2D eigenvalue weighted by atomic mass is 10.0. The average Bonchev–Trinajstić information content (AvgIpc) is 3.51. The molecule has 0 bridgehead atoms. The summed E-state index contributed by atoms with van der Waals surface area (Å²) in [5.41, 5.74) is 9.53. The van der Waals surface area contributed by atoms with Gasteiger partial charge in [-0.1, -0.05) is 12.1 Å². The third kappa shape index (κ3) is 5.64. The number of Topliss-reactive ketones (excluding diaryl/α,β-unsaturated/α-hetero) is 1. The molecule has 8 nitrogen and oxygen atoms in total. The number of fused-ring (bicyclic) bond motifs is 1. The molecule has 0 fully saturated rings. The Morgan fingerprint density at radius 3 is 2.73 bits per heavy atom. The van der Waals surface area contributed by atoms with Gasteiger partial charge in [-0.05, 0) is 66.4 Å². The smallest absolute Gasteiger partial charge is 0.219 e. The van der Waals surface area contributed by atoms with E-state index in [9.17, 15) is 22.0 Å². The van der Waals surface area contributed by atoms with E-state index in [1.165, 1.54) is 23.0 Å². The van der Waals surface area contributed by atoms with Crippen LogP contribution in [0.3, 0.4) is 0 Å². The first-order chi connectivity index (χ1) is 19.1. The second-order valence-electron chi connectivity index (χ2n) is 9.53. The maximum Gasteiger partial charge on any atom is 0.219 e. The Morgan fingerprint density at radius 2 is 2.00 bits per heavy atom. The highest BCUT2D eigenvalue weighted by Gasteiger charge is 2.26. The average molecular weight is 565 g/mol. The standard InChI is InChI=1S/C29H26F2N4O4S/c1-18-11-23(39-27-5-2-3-9-33-27)6-7-26(18)35-29(32)24(16-34-35)28(36)21-12-19-14-22(25(31)15-20(19)13-21)17-40(37,38)10-4-8-30/h2-3,5-7,9,11,13-16H,4,8,10,12,17,32H2,1H3. The summed E-state index contributed by atoms with van der Waals surface area (Å²) in [5.74, 6) is -0.745. The van der Waals surface area contributed by atoms with Gasteiger partial charge in [0, 0.05) is 29.8 Å². The summed E-state index contributed by atoms with van der Waals surface area (Å²) >= 11 is 0. The lowest BCUT2D eigenvalue weighted by Crippen LogP contribution is -2.11. The minimum atomic E-state index is -3.66. The first-order valence-electron chi connectivity index (χ1n) is 12.5. The normalized spacial score (nSPS) is 12.7.